The number of carbonyl (C=O) groups excluding carboxylic acids is 2. The van der Waals surface area contributed by atoms with Gasteiger partial charge in [-0.3, -0.25) is 9.59 Å². The summed E-state index contributed by atoms with van der Waals surface area (Å²) in [5.74, 6) is -0.522. The minimum absolute atomic E-state index is 0.212. The van der Waals surface area contributed by atoms with Gasteiger partial charge in [0.1, 0.15) is 6.10 Å². The molecule has 25 heavy (non-hydrogen) atoms. The van der Waals surface area contributed by atoms with Crippen molar-refractivity contribution in [3.63, 3.8) is 0 Å². The quantitative estimate of drug-likeness (QED) is 0.467. The lowest BCUT2D eigenvalue weighted by Gasteiger charge is -2.20. The van der Waals surface area contributed by atoms with Crippen molar-refractivity contribution in [3.05, 3.63) is 11.1 Å². The van der Waals surface area contributed by atoms with E-state index in [9.17, 15) is 9.59 Å². The Labute approximate surface area is 150 Å². The Morgan fingerprint density at radius 2 is 2.20 bits per heavy atom. The van der Waals surface area contributed by atoms with E-state index in [-0.39, 0.29) is 12.8 Å². The topological polar surface area (TPSA) is 101 Å². The number of nitrogens with zero attached hydrogens (tertiary/aromatic N) is 1. The van der Waals surface area contributed by atoms with E-state index in [0.29, 0.717) is 30.0 Å². The maximum Gasteiger partial charge on any atom is 0.324 e. The second-order valence-corrected chi connectivity index (χ2v) is 8.33. The van der Waals surface area contributed by atoms with Gasteiger partial charge in [-0.05, 0) is 19.3 Å². The van der Waals surface area contributed by atoms with Crippen LogP contribution < -0.4 is 5.73 Å². The average Bonchev–Trinajstić information content (AvgIpc) is 3.16. The lowest BCUT2D eigenvalue weighted by atomic mass is 9.78. The van der Waals surface area contributed by atoms with E-state index in [1.54, 1.807) is 12.3 Å². The highest BCUT2D eigenvalue weighted by Gasteiger charge is 2.65. The summed E-state index contributed by atoms with van der Waals surface area (Å²) in [6, 6.07) is 0. The smallest absolute Gasteiger partial charge is 0.324 e. The van der Waals surface area contributed by atoms with Crippen molar-refractivity contribution in [1.82, 2.24) is 4.98 Å². The number of cyclic esters (lactones) is 2. The van der Waals surface area contributed by atoms with Crippen molar-refractivity contribution in [2.75, 3.05) is 18.9 Å². The van der Waals surface area contributed by atoms with Crippen LogP contribution in [0, 0.1) is 11.3 Å². The zero-order chi connectivity index (χ0) is 18.2. The molecule has 3 heterocycles. The molecule has 0 amide bonds. The molecule has 2 N–H and O–H groups in total. The fourth-order valence-corrected chi connectivity index (χ4v) is 4.06. The number of esters is 2. The van der Waals surface area contributed by atoms with Gasteiger partial charge in [0.25, 0.3) is 0 Å². The molecule has 138 valence electrons. The zero-order valence-electron chi connectivity index (χ0n) is 14.7. The highest BCUT2D eigenvalue weighted by molar-refractivity contribution is 7.13. The van der Waals surface area contributed by atoms with Gasteiger partial charge in [0.15, 0.2) is 16.1 Å². The second-order valence-electron chi connectivity index (χ2n) is 7.44. The Balaban J connectivity index is 1.67. The van der Waals surface area contributed by atoms with Gasteiger partial charge >= 0.3 is 11.9 Å². The molecule has 2 saturated heterocycles. The van der Waals surface area contributed by atoms with Gasteiger partial charge in [-0.25, -0.2) is 4.98 Å². The molecule has 0 bridgehead atoms. The van der Waals surface area contributed by atoms with Crippen LogP contribution in [0.25, 0.3) is 0 Å². The fourth-order valence-electron chi connectivity index (χ4n) is 3.38. The Morgan fingerprint density at radius 1 is 1.44 bits per heavy atom. The Bertz CT molecular complexity index is 676. The number of hydrogen-bond acceptors (Lipinski definition) is 8. The highest BCUT2D eigenvalue weighted by atomic mass is 32.1. The summed E-state index contributed by atoms with van der Waals surface area (Å²) in [7, 11) is 0. The third-order valence-corrected chi connectivity index (χ3v) is 5.47. The summed E-state index contributed by atoms with van der Waals surface area (Å²) in [6.45, 7) is 6.91. The second kappa shape index (κ2) is 6.57. The maximum atomic E-state index is 12.5. The Morgan fingerprint density at radius 3 is 2.84 bits per heavy atom. The summed E-state index contributed by atoms with van der Waals surface area (Å²) in [5.41, 5.74) is 4.03. The summed E-state index contributed by atoms with van der Waals surface area (Å²) >= 11 is 1.28. The van der Waals surface area contributed by atoms with Crippen molar-refractivity contribution in [2.24, 2.45) is 11.3 Å². The van der Waals surface area contributed by atoms with Crippen molar-refractivity contribution >= 4 is 28.4 Å². The van der Waals surface area contributed by atoms with Crippen molar-refractivity contribution in [1.29, 1.82) is 0 Å². The molecule has 1 aromatic rings. The molecule has 7 nitrogen and oxygen atoms in total. The first-order valence-corrected chi connectivity index (χ1v) is 9.37. The number of ether oxygens (including phenoxy) is 3. The van der Waals surface area contributed by atoms with E-state index >= 15 is 0 Å². The molecule has 3 rings (SSSR count). The molecule has 1 spiro atoms. The molecule has 3 atom stereocenters. The number of hydrogen-bond donors (Lipinski definition) is 1. The Hall–Kier alpha value is -1.67. The standard InChI is InChI=1S/C17H24N2O5S/c1-10(2)4-5-22-7-11-6-17(13(20)23-11)9-16(3,24-14(17)21)12-8-25-15(18)19-12/h8,10-11H,4-7,9H2,1-3H3,(H2,18,19)/t11-,16+,17-/m0/s1. The summed E-state index contributed by atoms with van der Waals surface area (Å²) in [6.07, 6.45) is 1.01. The minimum Gasteiger partial charge on any atom is -0.459 e. The third-order valence-electron chi connectivity index (χ3n) is 4.80. The van der Waals surface area contributed by atoms with E-state index in [0.717, 1.165) is 6.42 Å². The molecule has 0 aliphatic carbocycles. The number of thiazole rings is 1. The number of aromatic nitrogens is 1. The molecule has 2 aliphatic heterocycles. The number of nitrogen functional groups attached to an aromatic ring is 1. The number of carbonyl (C=O) groups is 2. The average molecular weight is 368 g/mol. The monoisotopic (exact) mass is 368 g/mol. The normalized spacial score (nSPS) is 31.8. The molecule has 8 heteroatoms. The van der Waals surface area contributed by atoms with Gasteiger partial charge in [0.2, 0.25) is 0 Å². The molecular formula is C17H24N2O5S. The van der Waals surface area contributed by atoms with Gasteiger partial charge in [0.05, 0.1) is 12.3 Å². The molecular weight excluding hydrogens is 344 g/mol. The van der Waals surface area contributed by atoms with Crippen LogP contribution in [0.2, 0.25) is 0 Å². The lowest BCUT2D eigenvalue weighted by Crippen LogP contribution is -2.32. The largest absolute Gasteiger partial charge is 0.459 e. The fraction of sp³-hybridized carbons (Fsp3) is 0.706. The number of anilines is 1. The lowest BCUT2D eigenvalue weighted by molar-refractivity contribution is -0.160. The zero-order valence-corrected chi connectivity index (χ0v) is 15.6. The highest BCUT2D eigenvalue weighted by Crippen LogP contribution is 2.52. The summed E-state index contributed by atoms with van der Waals surface area (Å²) in [5, 5.41) is 2.16. The van der Waals surface area contributed by atoms with Gasteiger partial charge in [-0.15, -0.1) is 11.3 Å². The van der Waals surface area contributed by atoms with Gasteiger partial charge in [0, 0.05) is 24.8 Å². The van der Waals surface area contributed by atoms with E-state index in [2.05, 4.69) is 18.8 Å². The van der Waals surface area contributed by atoms with Crippen LogP contribution in [-0.2, 0) is 29.4 Å². The minimum atomic E-state index is -1.26. The SMILES string of the molecule is CC(C)CCOC[C@@H]1C[C@]2(C[C@](C)(c3csc(N)n3)OC2=O)C(=O)O1. The van der Waals surface area contributed by atoms with Gasteiger partial charge in [-0.1, -0.05) is 13.8 Å². The number of nitrogens with two attached hydrogens (primary N) is 1. The van der Waals surface area contributed by atoms with Crippen LogP contribution in [0.5, 0.6) is 0 Å². The van der Waals surface area contributed by atoms with Crippen LogP contribution in [0.4, 0.5) is 5.13 Å². The van der Waals surface area contributed by atoms with Crippen LogP contribution in [0.15, 0.2) is 5.38 Å². The first-order chi connectivity index (χ1) is 11.7. The van der Waals surface area contributed by atoms with Crippen LogP contribution in [-0.4, -0.2) is 36.2 Å². The van der Waals surface area contributed by atoms with E-state index < -0.39 is 29.1 Å². The predicted octanol–water partition coefficient (Wildman–Crippen LogP) is 2.25. The molecule has 2 fully saturated rings. The van der Waals surface area contributed by atoms with Gasteiger partial charge in [-0.2, -0.15) is 0 Å². The molecule has 1 aromatic heterocycles. The Kier molecular flexibility index (Phi) is 4.76. The first kappa shape index (κ1) is 18.1. The van der Waals surface area contributed by atoms with E-state index in [1.165, 1.54) is 11.3 Å². The van der Waals surface area contributed by atoms with E-state index in [4.69, 9.17) is 19.9 Å². The van der Waals surface area contributed by atoms with Crippen molar-refractivity contribution in [2.45, 2.75) is 51.7 Å². The van der Waals surface area contributed by atoms with Gasteiger partial charge < -0.3 is 19.9 Å². The summed E-state index contributed by atoms with van der Waals surface area (Å²) in [4.78, 5) is 29.2. The van der Waals surface area contributed by atoms with E-state index in [1.807, 2.05) is 0 Å². The van der Waals surface area contributed by atoms with Crippen LogP contribution in [0.3, 0.4) is 0 Å². The third kappa shape index (κ3) is 3.37. The summed E-state index contributed by atoms with van der Waals surface area (Å²) < 4.78 is 16.6. The number of rotatable bonds is 6. The molecule has 0 saturated carbocycles. The van der Waals surface area contributed by atoms with Crippen LogP contribution >= 0.6 is 11.3 Å². The van der Waals surface area contributed by atoms with Crippen molar-refractivity contribution < 1.29 is 23.8 Å². The maximum absolute atomic E-state index is 12.5. The molecule has 0 aromatic carbocycles. The molecule has 0 unspecified atom stereocenters. The van der Waals surface area contributed by atoms with Crippen LogP contribution in [0.1, 0.15) is 45.7 Å². The predicted molar refractivity (Wildman–Crippen MR) is 91.8 cm³/mol. The first-order valence-electron chi connectivity index (χ1n) is 8.49. The molecule has 2 aliphatic rings. The molecule has 0 radical (unpaired) electrons. The van der Waals surface area contributed by atoms with Crippen molar-refractivity contribution in [3.8, 4) is 0 Å².